The van der Waals surface area contributed by atoms with Crippen molar-refractivity contribution in [3.63, 3.8) is 0 Å². The molecular weight excluding hydrogens is 310 g/mol. The summed E-state index contributed by atoms with van der Waals surface area (Å²) in [5.41, 5.74) is 0. The maximum Gasteiger partial charge on any atom is 0.307 e. The fourth-order valence-electron chi connectivity index (χ4n) is 1.84. The quantitative estimate of drug-likeness (QED) is 0.854. The zero-order valence-corrected chi connectivity index (χ0v) is 13.4. The molecule has 0 radical (unpaired) electrons. The van der Waals surface area contributed by atoms with Crippen molar-refractivity contribution in [1.29, 1.82) is 0 Å². The molecule has 21 heavy (non-hydrogen) atoms. The van der Waals surface area contributed by atoms with Crippen molar-refractivity contribution in [2.45, 2.75) is 26.4 Å². The number of thiophene rings is 1. The second-order valence-electron chi connectivity index (χ2n) is 4.79. The van der Waals surface area contributed by atoms with Crippen LogP contribution in [0.15, 0.2) is 24.3 Å². The smallest absolute Gasteiger partial charge is 0.307 e. The van der Waals surface area contributed by atoms with Crippen LogP contribution in [0.5, 0.6) is 0 Å². The van der Waals surface area contributed by atoms with Crippen molar-refractivity contribution in [3.05, 3.63) is 34.2 Å². The van der Waals surface area contributed by atoms with E-state index >= 15 is 0 Å². The summed E-state index contributed by atoms with van der Waals surface area (Å²) in [5, 5.41) is 4.02. The van der Waals surface area contributed by atoms with Gasteiger partial charge in [-0.3, -0.25) is 9.59 Å². The molecule has 2 aromatic rings. The largest absolute Gasteiger partial charge is 0.463 e. The van der Waals surface area contributed by atoms with Gasteiger partial charge >= 0.3 is 5.97 Å². The van der Waals surface area contributed by atoms with Gasteiger partial charge in [0.15, 0.2) is 0 Å². The summed E-state index contributed by atoms with van der Waals surface area (Å²) < 4.78 is 5.96. The van der Waals surface area contributed by atoms with E-state index in [-0.39, 0.29) is 30.9 Å². The van der Waals surface area contributed by atoms with Crippen LogP contribution in [0.25, 0.3) is 10.1 Å². The van der Waals surface area contributed by atoms with E-state index in [1.807, 2.05) is 24.3 Å². The topological polar surface area (TPSA) is 55.4 Å². The van der Waals surface area contributed by atoms with Crippen molar-refractivity contribution in [2.24, 2.45) is 0 Å². The molecule has 6 heteroatoms. The van der Waals surface area contributed by atoms with E-state index in [2.05, 4.69) is 5.32 Å². The molecule has 1 N–H and O–H groups in total. The van der Waals surface area contributed by atoms with Crippen LogP contribution < -0.4 is 5.32 Å². The molecule has 1 aromatic carbocycles. The summed E-state index contributed by atoms with van der Waals surface area (Å²) >= 11 is 7.56. The first-order valence-corrected chi connectivity index (χ1v) is 7.83. The number of ether oxygens (including phenoxy) is 1. The van der Waals surface area contributed by atoms with Crippen molar-refractivity contribution in [2.75, 3.05) is 6.54 Å². The van der Waals surface area contributed by atoms with E-state index in [1.54, 1.807) is 13.8 Å². The molecule has 0 saturated carbocycles. The van der Waals surface area contributed by atoms with Crippen molar-refractivity contribution >= 4 is 44.9 Å². The third-order valence-corrected chi connectivity index (χ3v) is 4.40. The Morgan fingerprint density at radius 1 is 1.33 bits per heavy atom. The number of hydrogen-bond acceptors (Lipinski definition) is 4. The Bertz CT molecular complexity index is 666. The van der Waals surface area contributed by atoms with Gasteiger partial charge in [-0.1, -0.05) is 29.8 Å². The van der Waals surface area contributed by atoms with E-state index in [4.69, 9.17) is 16.3 Å². The maximum absolute atomic E-state index is 12.1. The summed E-state index contributed by atoms with van der Waals surface area (Å²) in [6.07, 6.45) is -0.00265. The molecule has 0 aliphatic heterocycles. The molecule has 0 atom stereocenters. The zero-order chi connectivity index (χ0) is 15.4. The zero-order valence-electron chi connectivity index (χ0n) is 11.8. The van der Waals surface area contributed by atoms with Crippen LogP contribution in [-0.4, -0.2) is 24.5 Å². The van der Waals surface area contributed by atoms with Crippen LogP contribution in [0, 0.1) is 0 Å². The average molecular weight is 326 g/mol. The van der Waals surface area contributed by atoms with Gasteiger partial charge in [0.2, 0.25) is 0 Å². The molecule has 0 bridgehead atoms. The second kappa shape index (κ2) is 6.91. The fourth-order valence-corrected chi connectivity index (χ4v) is 3.27. The summed E-state index contributed by atoms with van der Waals surface area (Å²) in [5.74, 6) is -0.591. The molecule has 0 saturated heterocycles. The van der Waals surface area contributed by atoms with Crippen LogP contribution in [0.4, 0.5) is 0 Å². The highest BCUT2D eigenvalue weighted by Gasteiger charge is 2.16. The molecular formula is C15H16ClNO3S. The number of esters is 1. The standard InChI is InChI=1S/C15H16ClNO3S/c1-9(2)20-12(18)7-8-17-15(19)14-13(16)10-5-3-4-6-11(10)21-14/h3-6,9H,7-8H2,1-2H3,(H,17,19). The molecule has 112 valence electrons. The fraction of sp³-hybridized carbons (Fsp3) is 0.333. The van der Waals surface area contributed by atoms with Crippen LogP contribution in [0.2, 0.25) is 5.02 Å². The van der Waals surface area contributed by atoms with E-state index < -0.39 is 0 Å². The van der Waals surface area contributed by atoms with Gasteiger partial charge in [-0.2, -0.15) is 0 Å². The average Bonchev–Trinajstić information content (AvgIpc) is 2.76. The lowest BCUT2D eigenvalue weighted by molar-refractivity contribution is -0.147. The Balaban J connectivity index is 1.96. The molecule has 0 fully saturated rings. The van der Waals surface area contributed by atoms with Crippen LogP contribution >= 0.6 is 22.9 Å². The van der Waals surface area contributed by atoms with Gasteiger partial charge in [0, 0.05) is 16.6 Å². The summed E-state index contributed by atoms with van der Waals surface area (Å²) in [4.78, 5) is 24.0. The van der Waals surface area contributed by atoms with E-state index in [0.29, 0.717) is 9.90 Å². The number of hydrogen-bond donors (Lipinski definition) is 1. The third-order valence-electron chi connectivity index (χ3n) is 2.72. The minimum Gasteiger partial charge on any atom is -0.463 e. The molecule has 0 spiro atoms. The number of carbonyl (C=O) groups excluding carboxylic acids is 2. The monoisotopic (exact) mass is 325 g/mol. The number of fused-ring (bicyclic) bond motifs is 1. The Kier molecular flexibility index (Phi) is 5.20. The SMILES string of the molecule is CC(C)OC(=O)CCNC(=O)c1sc2ccccc2c1Cl. The van der Waals surface area contributed by atoms with Crippen LogP contribution in [-0.2, 0) is 9.53 Å². The number of nitrogens with one attached hydrogen (secondary N) is 1. The molecule has 2 rings (SSSR count). The van der Waals surface area contributed by atoms with Crippen molar-refractivity contribution in [1.82, 2.24) is 5.32 Å². The first-order chi connectivity index (χ1) is 9.99. The second-order valence-corrected chi connectivity index (χ2v) is 6.22. The van der Waals surface area contributed by atoms with Gasteiger partial charge in [0.25, 0.3) is 5.91 Å². The van der Waals surface area contributed by atoms with Gasteiger partial charge < -0.3 is 10.1 Å². The Morgan fingerprint density at radius 3 is 2.71 bits per heavy atom. The molecule has 1 amide bonds. The first kappa shape index (κ1) is 15.8. The number of amides is 1. The molecule has 1 heterocycles. The Hall–Kier alpha value is -1.59. The number of halogens is 1. The van der Waals surface area contributed by atoms with E-state index in [9.17, 15) is 9.59 Å². The highest BCUT2D eigenvalue weighted by atomic mass is 35.5. The molecule has 0 aliphatic carbocycles. The number of rotatable bonds is 5. The summed E-state index contributed by atoms with van der Waals surface area (Å²) in [6, 6.07) is 7.58. The molecule has 0 unspecified atom stereocenters. The molecule has 4 nitrogen and oxygen atoms in total. The highest BCUT2D eigenvalue weighted by molar-refractivity contribution is 7.21. The lowest BCUT2D eigenvalue weighted by atomic mass is 10.2. The van der Waals surface area contributed by atoms with Crippen LogP contribution in [0.3, 0.4) is 0 Å². The minimum absolute atomic E-state index is 0.145. The van der Waals surface area contributed by atoms with Crippen molar-refractivity contribution < 1.29 is 14.3 Å². The highest BCUT2D eigenvalue weighted by Crippen LogP contribution is 2.34. The number of benzene rings is 1. The molecule has 1 aromatic heterocycles. The van der Waals surface area contributed by atoms with E-state index in [1.165, 1.54) is 11.3 Å². The van der Waals surface area contributed by atoms with Crippen LogP contribution in [0.1, 0.15) is 29.9 Å². The predicted molar refractivity (Wildman–Crippen MR) is 85.0 cm³/mol. The normalized spacial score (nSPS) is 10.9. The van der Waals surface area contributed by atoms with Crippen molar-refractivity contribution in [3.8, 4) is 0 Å². The maximum atomic E-state index is 12.1. The molecule has 0 aliphatic rings. The van der Waals surface area contributed by atoms with Gasteiger partial charge in [0.05, 0.1) is 17.5 Å². The third kappa shape index (κ3) is 3.95. The minimum atomic E-state index is -0.326. The van der Waals surface area contributed by atoms with E-state index in [0.717, 1.165) is 10.1 Å². The lowest BCUT2D eigenvalue weighted by Gasteiger charge is -2.08. The summed E-state index contributed by atoms with van der Waals surface area (Å²) in [7, 11) is 0. The first-order valence-electron chi connectivity index (χ1n) is 6.63. The lowest BCUT2D eigenvalue weighted by Crippen LogP contribution is -2.26. The van der Waals surface area contributed by atoms with Gasteiger partial charge in [-0.05, 0) is 19.9 Å². The summed E-state index contributed by atoms with van der Waals surface area (Å²) in [6.45, 7) is 3.80. The van der Waals surface area contributed by atoms with Gasteiger partial charge in [-0.15, -0.1) is 11.3 Å². The van der Waals surface area contributed by atoms with Gasteiger partial charge in [-0.25, -0.2) is 0 Å². The Morgan fingerprint density at radius 2 is 2.05 bits per heavy atom. The van der Waals surface area contributed by atoms with Gasteiger partial charge in [0.1, 0.15) is 4.88 Å². The number of carbonyl (C=O) groups is 2. The Labute approximate surface area is 132 Å². The predicted octanol–water partition coefficient (Wildman–Crippen LogP) is 3.63.